The smallest absolute Gasteiger partial charge is 0.281 e. The summed E-state index contributed by atoms with van der Waals surface area (Å²) < 4.78 is 2.66. The quantitative estimate of drug-likeness (QED) is 0.714. The zero-order valence-electron chi connectivity index (χ0n) is 11.7. The third-order valence-electron chi connectivity index (χ3n) is 3.11. The molecule has 22 heavy (non-hydrogen) atoms. The normalized spacial score (nSPS) is 10.8. The summed E-state index contributed by atoms with van der Waals surface area (Å²) in [5.41, 5.74) is 3.71. The van der Waals surface area contributed by atoms with Crippen molar-refractivity contribution in [1.29, 1.82) is 0 Å². The molecule has 0 aliphatic rings. The van der Waals surface area contributed by atoms with E-state index in [1.165, 1.54) is 4.68 Å². The number of aromatic nitrogens is 4. The first-order valence-corrected chi connectivity index (χ1v) is 6.98. The zero-order chi connectivity index (χ0) is 15.7. The van der Waals surface area contributed by atoms with Crippen molar-refractivity contribution in [3.63, 3.8) is 0 Å². The van der Waals surface area contributed by atoms with Crippen LogP contribution >= 0.6 is 12.2 Å². The average molecular weight is 315 g/mol. The summed E-state index contributed by atoms with van der Waals surface area (Å²) in [6.45, 7) is 1.88. The molecule has 0 saturated heterocycles. The Morgan fingerprint density at radius 1 is 1.41 bits per heavy atom. The van der Waals surface area contributed by atoms with E-state index in [1.807, 2.05) is 6.92 Å². The molecule has 0 aliphatic carbocycles. The predicted octanol–water partition coefficient (Wildman–Crippen LogP) is 1.33. The van der Waals surface area contributed by atoms with Gasteiger partial charge < -0.3 is 4.98 Å². The lowest BCUT2D eigenvalue weighted by Crippen LogP contribution is -2.36. The Kier molecular flexibility index (Phi) is 3.60. The second-order valence-corrected chi connectivity index (χ2v) is 5.25. The summed E-state index contributed by atoms with van der Waals surface area (Å²) in [6.07, 6.45) is 3.39. The summed E-state index contributed by atoms with van der Waals surface area (Å²) in [5.74, 6) is -0.389. The molecule has 112 valence electrons. The van der Waals surface area contributed by atoms with Crippen molar-refractivity contribution in [2.45, 2.75) is 13.5 Å². The Hall–Kier alpha value is -2.74. The number of fused-ring (bicyclic) bond motifs is 1. The first-order valence-electron chi connectivity index (χ1n) is 6.57. The lowest BCUT2D eigenvalue weighted by Gasteiger charge is -2.09. The molecule has 0 fully saturated rings. The highest BCUT2D eigenvalue weighted by atomic mass is 32.1. The molecule has 0 bridgehead atoms. The van der Waals surface area contributed by atoms with Gasteiger partial charge in [-0.15, -0.1) is 0 Å². The Labute approximate surface area is 130 Å². The number of amides is 1. The molecule has 3 rings (SSSR count). The third kappa shape index (κ3) is 2.68. The zero-order valence-corrected chi connectivity index (χ0v) is 12.6. The van der Waals surface area contributed by atoms with E-state index < -0.39 is 0 Å². The first-order chi connectivity index (χ1) is 10.5. The average Bonchev–Trinajstić information content (AvgIpc) is 2.88. The van der Waals surface area contributed by atoms with Crippen LogP contribution in [-0.4, -0.2) is 25.3 Å². The number of rotatable bonds is 3. The Morgan fingerprint density at radius 3 is 2.91 bits per heavy atom. The highest BCUT2D eigenvalue weighted by molar-refractivity contribution is 7.71. The number of aromatic amines is 1. The van der Waals surface area contributed by atoms with Gasteiger partial charge in [0, 0.05) is 6.20 Å². The van der Waals surface area contributed by atoms with E-state index in [0.717, 1.165) is 10.2 Å². The first kappa shape index (κ1) is 14.2. The molecule has 1 amide bonds. The number of benzene rings is 1. The van der Waals surface area contributed by atoms with Crippen LogP contribution in [0.4, 0.5) is 0 Å². The molecule has 0 radical (unpaired) electrons. The number of hydrogen-bond donors (Lipinski definition) is 2. The van der Waals surface area contributed by atoms with Crippen LogP contribution in [0.25, 0.3) is 10.9 Å². The van der Waals surface area contributed by atoms with Crippen LogP contribution in [0.5, 0.6) is 0 Å². The van der Waals surface area contributed by atoms with Gasteiger partial charge in [0.1, 0.15) is 6.54 Å². The van der Waals surface area contributed by atoms with E-state index in [0.29, 0.717) is 10.9 Å². The van der Waals surface area contributed by atoms with Crippen molar-refractivity contribution in [2.24, 2.45) is 0 Å². The van der Waals surface area contributed by atoms with Crippen molar-refractivity contribution < 1.29 is 4.79 Å². The molecular formula is C14H13N5O2S. The predicted molar refractivity (Wildman–Crippen MR) is 84.7 cm³/mol. The van der Waals surface area contributed by atoms with E-state index in [2.05, 4.69) is 15.5 Å². The van der Waals surface area contributed by atoms with Crippen LogP contribution in [0, 0.1) is 11.7 Å². The van der Waals surface area contributed by atoms with Gasteiger partial charge in [-0.3, -0.25) is 19.7 Å². The van der Waals surface area contributed by atoms with Crippen molar-refractivity contribution in [3.05, 3.63) is 57.3 Å². The lowest BCUT2D eigenvalue weighted by atomic mass is 10.2. The number of carbonyl (C=O) groups excluding carboxylic acids is 1. The molecule has 3 aromatic rings. The number of para-hydroxylation sites is 1. The number of hydrogen-bond acceptors (Lipinski definition) is 4. The van der Waals surface area contributed by atoms with Crippen molar-refractivity contribution in [1.82, 2.24) is 19.4 Å². The van der Waals surface area contributed by atoms with Crippen LogP contribution in [0.1, 0.15) is 5.56 Å². The molecule has 2 aromatic heterocycles. The van der Waals surface area contributed by atoms with Gasteiger partial charge in [-0.1, -0.05) is 12.1 Å². The third-order valence-corrected chi connectivity index (χ3v) is 3.39. The van der Waals surface area contributed by atoms with Crippen LogP contribution in [0.3, 0.4) is 0 Å². The topological polar surface area (TPSA) is 84.7 Å². The number of carbonyl (C=O) groups is 1. The SMILES string of the molecule is Cc1cnn(CC(=O)Nn2c(=S)[nH]c3ccccc3c2=O)c1. The molecule has 0 unspecified atom stereocenters. The van der Waals surface area contributed by atoms with Crippen molar-refractivity contribution >= 4 is 29.0 Å². The highest BCUT2D eigenvalue weighted by Crippen LogP contribution is 2.05. The highest BCUT2D eigenvalue weighted by Gasteiger charge is 2.09. The minimum absolute atomic E-state index is 0.00187. The van der Waals surface area contributed by atoms with Gasteiger partial charge >= 0.3 is 0 Å². The molecular weight excluding hydrogens is 302 g/mol. The van der Waals surface area contributed by atoms with Crippen molar-refractivity contribution in [2.75, 3.05) is 5.43 Å². The van der Waals surface area contributed by atoms with Crippen LogP contribution in [0.2, 0.25) is 0 Å². The molecule has 2 N–H and O–H groups in total. The Bertz CT molecular complexity index is 969. The molecule has 0 spiro atoms. The fourth-order valence-electron chi connectivity index (χ4n) is 2.12. The van der Waals surface area contributed by atoms with Crippen molar-refractivity contribution in [3.8, 4) is 0 Å². The molecule has 0 saturated carbocycles. The standard InChI is InChI=1S/C14H13N5O2S/c1-9-6-15-18(7-9)8-12(20)17-19-13(21)10-4-2-3-5-11(10)16-14(19)22/h2-7H,8H2,1H3,(H,16,22)(H,17,20). The van der Waals surface area contributed by atoms with E-state index in [9.17, 15) is 9.59 Å². The second-order valence-electron chi connectivity index (χ2n) is 4.87. The van der Waals surface area contributed by atoms with E-state index in [1.54, 1.807) is 36.7 Å². The largest absolute Gasteiger partial charge is 0.330 e. The number of aryl methyl sites for hydroxylation is 1. The molecule has 8 heteroatoms. The lowest BCUT2D eigenvalue weighted by molar-refractivity contribution is -0.117. The maximum atomic E-state index is 12.4. The monoisotopic (exact) mass is 315 g/mol. The number of nitrogens with zero attached hydrogens (tertiary/aromatic N) is 3. The summed E-state index contributed by atoms with van der Waals surface area (Å²) in [6, 6.07) is 6.98. The minimum atomic E-state index is -0.389. The molecule has 0 aliphatic heterocycles. The molecule has 1 aromatic carbocycles. The second kappa shape index (κ2) is 5.57. The fourth-order valence-corrected chi connectivity index (χ4v) is 2.36. The van der Waals surface area contributed by atoms with Gasteiger partial charge in [0.2, 0.25) is 0 Å². The van der Waals surface area contributed by atoms with Gasteiger partial charge in [-0.2, -0.15) is 9.77 Å². The molecule has 7 nitrogen and oxygen atoms in total. The summed E-state index contributed by atoms with van der Waals surface area (Å²) in [4.78, 5) is 27.3. The van der Waals surface area contributed by atoms with Crippen LogP contribution < -0.4 is 11.0 Å². The van der Waals surface area contributed by atoms with Crippen LogP contribution in [-0.2, 0) is 11.3 Å². The maximum Gasteiger partial charge on any atom is 0.281 e. The van der Waals surface area contributed by atoms with E-state index in [4.69, 9.17) is 12.2 Å². The van der Waals surface area contributed by atoms with Gasteiger partial charge in [-0.25, -0.2) is 0 Å². The summed E-state index contributed by atoms with van der Waals surface area (Å²) >= 11 is 5.12. The molecule has 0 atom stereocenters. The van der Waals surface area contributed by atoms with Gasteiger partial charge in [0.05, 0.1) is 17.1 Å². The summed E-state index contributed by atoms with van der Waals surface area (Å²) in [5, 5.41) is 4.48. The fraction of sp³-hybridized carbons (Fsp3) is 0.143. The Morgan fingerprint density at radius 2 is 2.18 bits per heavy atom. The van der Waals surface area contributed by atoms with E-state index in [-0.39, 0.29) is 22.8 Å². The Balaban J connectivity index is 1.92. The number of nitrogens with one attached hydrogen (secondary N) is 2. The minimum Gasteiger partial charge on any atom is -0.330 e. The maximum absolute atomic E-state index is 12.4. The summed E-state index contributed by atoms with van der Waals surface area (Å²) in [7, 11) is 0. The van der Waals surface area contributed by atoms with Gasteiger partial charge in [0.15, 0.2) is 4.77 Å². The van der Waals surface area contributed by atoms with Gasteiger partial charge in [-0.05, 0) is 36.8 Å². The molecule has 2 heterocycles. The van der Waals surface area contributed by atoms with E-state index >= 15 is 0 Å². The van der Waals surface area contributed by atoms with Crippen LogP contribution in [0.15, 0.2) is 41.5 Å². The van der Waals surface area contributed by atoms with Gasteiger partial charge in [0.25, 0.3) is 11.5 Å². The number of H-pyrrole nitrogens is 1.